The number of nitro benzene ring substituents is 1. The van der Waals surface area contributed by atoms with Crippen LogP contribution in [0.2, 0.25) is 0 Å². The van der Waals surface area contributed by atoms with Crippen LogP contribution in [-0.2, 0) is 0 Å². The molecule has 0 fully saturated rings. The van der Waals surface area contributed by atoms with Crippen LogP contribution in [-0.4, -0.2) is 14.7 Å². The van der Waals surface area contributed by atoms with E-state index in [0.29, 0.717) is 0 Å². The number of benzene rings is 1. The Morgan fingerprint density at radius 1 is 1.35 bits per heavy atom. The van der Waals surface area contributed by atoms with Crippen molar-refractivity contribution >= 4 is 5.69 Å². The average molecular weight is 235 g/mol. The van der Waals surface area contributed by atoms with E-state index in [-0.39, 0.29) is 11.4 Å². The van der Waals surface area contributed by atoms with Crippen LogP contribution < -0.4 is 0 Å². The molecule has 17 heavy (non-hydrogen) atoms. The molecule has 0 radical (unpaired) electrons. The third-order valence-corrected chi connectivity index (χ3v) is 2.37. The molecule has 1 aromatic heterocycles. The molecule has 0 atom stereocenters. The quantitative estimate of drug-likeness (QED) is 0.593. The lowest BCUT2D eigenvalue weighted by molar-refractivity contribution is -0.384. The Kier molecular flexibility index (Phi) is 2.63. The summed E-state index contributed by atoms with van der Waals surface area (Å²) in [7, 11) is 0. The van der Waals surface area contributed by atoms with Gasteiger partial charge in [0.1, 0.15) is 11.5 Å². The lowest BCUT2D eigenvalue weighted by Gasteiger charge is -2.05. The fraction of sp³-hybridized carbons (Fsp3) is 0.182. The minimum Gasteiger partial charge on any atom is -0.258 e. The van der Waals surface area contributed by atoms with Gasteiger partial charge in [0, 0.05) is 5.69 Å². The van der Waals surface area contributed by atoms with Gasteiger partial charge in [0.15, 0.2) is 0 Å². The second-order valence-electron chi connectivity index (χ2n) is 3.73. The fourth-order valence-electron chi connectivity index (χ4n) is 1.69. The molecule has 0 aliphatic rings. The molecule has 0 aliphatic carbocycles. The zero-order chi connectivity index (χ0) is 12.6. The highest BCUT2D eigenvalue weighted by atomic mass is 19.1. The molecule has 5 nitrogen and oxygen atoms in total. The fourth-order valence-corrected chi connectivity index (χ4v) is 1.69. The molecule has 0 amide bonds. The predicted octanol–water partition coefficient (Wildman–Crippen LogP) is 2.54. The van der Waals surface area contributed by atoms with Crippen LogP contribution in [0.3, 0.4) is 0 Å². The summed E-state index contributed by atoms with van der Waals surface area (Å²) in [5.41, 5.74) is 1.48. The van der Waals surface area contributed by atoms with Crippen LogP contribution in [0.4, 0.5) is 10.1 Å². The minimum absolute atomic E-state index is 0.266. The summed E-state index contributed by atoms with van der Waals surface area (Å²) >= 11 is 0. The third kappa shape index (κ3) is 2.01. The van der Waals surface area contributed by atoms with Gasteiger partial charge >= 0.3 is 0 Å². The Morgan fingerprint density at radius 2 is 2.06 bits per heavy atom. The molecule has 2 aromatic rings. The lowest BCUT2D eigenvalue weighted by Crippen LogP contribution is -2.04. The third-order valence-electron chi connectivity index (χ3n) is 2.37. The van der Waals surface area contributed by atoms with Gasteiger partial charge in [-0.2, -0.15) is 5.10 Å². The van der Waals surface area contributed by atoms with Crippen molar-refractivity contribution in [2.24, 2.45) is 0 Å². The average Bonchev–Trinajstić information content (AvgIpc) is 2.57. The summed E-state index contributed by atoms with van der Waals surface area (Å²) in [4.78, 5) is 10.2. The summed E-state index contributed by atoms with van der Waals surface area (Å²) in [6.45, 7) is 3.58. The number of halogens is 1. The highest BCUT2D eigenvalue weighted by Crippen LogP contribution is 2.24. The topological polar surface area (TPSA) is 61.0 Å². The Bertz CT molecular complexity index is 592. The number of aromatic nitrogens is 2. The van der Waals surface area contributed by atoms with E-state index in [2.05, 4.69) is 5.10 Å². The molecule has 1 aromatic carbocycles. The summed E-state index contributed by atoms with van der Waals surface area (Å²) in [6, 6.07) is 5.23. The van der Waals surface area contributed by atoms with Gasteiger partial charge < -0.3 is 0 Å². The van der Waals surface area contributed by atoms with Crippen LogP contribution in [0.5, 0.6) is 0 Å². The van der Waals surface area contributed by atoms with E-state index < -0.39 is 10.7 Å². The zero-order valence-corrected chi connectivity index (χ0v) is 9.35. The molecular weight excluding hydrogens is 225 g/mol. The molecule has 0 spiro atoms. The first-order valence-corrected chi connectivity index (χ1v) is 4.96. The van der Waals surface area contributed by atoms with E-state index in [9.17, 15) is 14.5 Å². The molecule has 0 unspecified atom stereocenters. The molecular formula is C11H10FN3O2. The van der Waals surface area contributed by atoms with E-state index in [1.54, 1.807) is 19.9 Å². The Balaban J connectivity index is 2.67. The van der Waals surface area contributed by atoms with E-state index in [4.69, 9.17) is 0 Å². The van der Waals surface area contributed by atoms with Crippen molar-refractivity contribution in [3.8, 4) is 5.69 Å². The number of hydrogen-bond acceptors (Lipinski definition) is 3. The maximum Gasteiger partial charge on any atom is 0.297 e. The monoisotopic (exact) mass is 235 g/mol. The number of nitrogens with zero attached hydrogens (tertiary/aromatic N) is 3. The van der Waals surface area contributed by atoms with Crippen LogP contribution >= 0.6 is 0 Å². The highest BCUT2D eigenvalue weighted by Gasteiger charge is 2.18. The van der Waals surface area contributed by atoms with Gasteiger partial charge in [-0.25, -0.2) is 9.07 Å². The SMILES string of the molecule is Cc1cc(C)n(-c2ccc(F)cc2[N+](=O)[O-])n1. The Labute approximate surface area is 96.6 Å². The van der Waals surface area contributed by atoms with E-state index in [0.717, 1.165) is 17.5 Å². The van der Waals surface area contributed by atoms with E-state index in [1.165, 1.54) is 16.8 Å². The summed E-state index contributed by atoms with van der Waals surface area (Å²) < 4.78 is 14.4. The van der Waals surface area contributed by atoms with Crippen molar-refractivity contribution in [2.75, 3.05) is 0 Å². The van der Waals surface area contributed by atoms with Gasteiger partial charge in [0.25, 0.3) is 5.69 Å². The molecule has 0 saturated carbocycles. The highest BCUT2D eigenvalue weighted by molar-refractivity contribution is 5.52. The van der Waals surface area contributed by atoms with E-state index >= 15 is 0 Å². The minimum atomic E-state index is -0.637. The van der Waals surface area contributed by atoms with Crippen molar-refractivity contribution in [1.82, 2.24) is 9.78 Å². The molecule has 0 bridgehead atoms. The molecule has 0 N–H and O–H groups in total. The van der Waals surface area contributed by atoms with Gasteiger partial charge in [-0.3, -0.25) is 10.1 Å². The first-order chi connectivity index (χ1) is 7.99. The van der Waals surface area contributed by atoms with Gasteiger partial charge in [0.05, 0.1) is 16.7 Å². The van der Waals surface area contributed by atoms with Gasteiger partial charge in [-0.05, 0) is 32.0 Å². The first kappa shape index (κ1) is 11.3. The van der Waals surface area contributed by atoms with Crippen LogP contribution in [0.15, 0.2) is 24.3 Å². The van der Waals surface area contributed by atoms with Crippen molar-refractivity contribution < 1.29 is 9.31 Å². The largest absolute Gasteiger partial charge is 0.297 e. The Hall–Kier alpha value is -2.24. The van der Waals surface area contributed by atoms with Crippen molar-refractivity contribution in [1.29, 1.82) is 0 Å². The second-order valence-corrected chi connectivity index (χ2v) is 3.73. The molecule has 0 aliphatic heterocycles. The molecule has 0 saturated heterocycles. The van der Waals surface area contributed by atoms with Gasteiger partial charge in [0.2, 0.25) is 0 Å². The number of rotatable bonds is 2. The summed E-state index contributed by atoms with van der Waals surface area (Å²) in [5, 5.41) is 15.0. The van der Waals surface area contributed by atoms with Crippen molar-refractivity contribution in [3.63, 3.8) is 0 Å². The standard InChI is InChI=1S/C11H10FN3O2/c1-7-5-8(2)14(13-7)10-4-3-9(12)6-11(10)15(16)17/h3-6H,1-2H3. The van der Waals surface area contributed by atoms with Gasteiger partial charge in [-0.1, -0.05) is 0 Å². The first-order valence-electron chi connectivity index (χ1n) is 4.96. The molecule has 88 valence electrons. The lowest BCUT2D eigenvalue weighted by atomic mass is 10.2. The van der Waals surface area contributed by atoms with Crippen LogP contribution in [0.25, 0.3) is 5.69 Å². The summed E-state index contributed by atoms with van der Waals surface area (Å²) in [5.74, 6) is -0.637. The van der Waals surface area contributed by atoms with Crippen LogP contribution in [0.1, 0.15) is 11.4 Å². The number of aryl methyl sites for hydroxylation is 2. The van der Waals surface area contributed by atoms with Crippen molar-refractivity contribution in [2.45, 2.75) is 13.8 Å². The van der Waals surface area contributed by atoms with Crippen molar-refractivity contribution in [3.05, 3.63) is 51.6 Å². The maximum atomic E-state index is 13.0. The molecule has 6 heteroatoms. The maximum absolute atomic E-state index is 13.0. The number of nitro groups is 1. The second kappa shape index (κ2) is 3.97. The predicted molar refractivity (Wildman–Crippen MR) is 59.7 cm³/mol. The molecule has 2 rings (SSSR count). The van der Waals surface area contributed by atoms with E-state index in [1.807, 2.05) is 0 Å². The number of hydrogen-bond donors (Lipinski definition) is 0. The normalized spacial score (nSPS) is 10.5. The Morgan fingerprint density at radius 3 is 2.59 bits per heavy atom. The zero-order valence-electron chi connectivity index (χ0n) is 9.35. The smallest absolute Gasteiger partial charge is 0.258 e. The van der Waals surface area contributed by atoms with Gasteiger partial charge in [-0.15, -0.1) is 0 Å². The van der Waals surface area contributed by atoms with Crippen LogP contribution in [0, 0.1) is 29.8 Å². The summed E-state index contributed by atoms with van der Waals surface area (Å²) in [6.07, 6.45) is 0. The molecule has 1 heterocycles.